The third-order valence-corrected chi connectivity index (χ3v) is 6.03. The van der Waals surface area contributed by atoms with E-state index < -0.39 is 71.4 Å². The molecular formula is C26H37NO10. The lowest BCUT2D eigenvalue weighted by molar-refractivity contribution is -0.232. The first kappa shape index (κ1) is 29.9. The molecule has 3 unspecified atom stereocenters. The second-order valence-corrected chi connectivity index (χ2v) is 10.1. The molecule has 1 aliphatic rings. The second-order valence-electron chi connectivity index (χ2n) is 10.1. The quantitative estimate of drug-likeness (QED) is 0.288. The van der Waals surface area contributed by atoms with E-state index in [4.69, 9.17) is 18.9 Å². The molecule has 1 amide bonds. The second kappa shape index (κ2) is 12.3. The Hall–Kier alpha value is -3.34. The maximum Gasteiger partial charge on any atom is 0.350 e. The maximum absolute atomic E-state index is 13.3. The van der Waals surface area contributed by atoms with E-state index in [1.54, 1.807) is 13.8 Å². The molecule has 1 aromatic carbocycles. The van der Waals surface area contributed by atoms with Crippen molar-refractivity contribution in [1.82, 2.24) is 5.32 Å². The number of benzene rings is 1. The fraction of sp³-hybridized carbons (Fsp3) is 0.615. The van der Waals surface area contributed by atoms with E-state index in [0.717, 1.165) is 0 Å². The number of phenols is 2. The number of carbonyl (C=O) groups excluding carboxylic acids is 4. The molecule has 1 saturated heterocycles. The Labute approximate surface area is 216 Å². The van der Waals surface area contributed by atoms with Crippen molar-refractivity contribution in [2.75, 3.05) is 0 Å². The number of nitrogens with one attached hydrogen (secondary N) is 1. The highest BCUT2D eigenvalue weighted by molar-refractivity contribution is 6.00. The lowest BCUT2D eigenvalue weighted by Gasteiger charge is -2.34. The number of hydrogen-bond donors (Lipinski definition) is 3. The van der Waals surface area contributed by atoms with Crippen LogP contribution >= 0.6 is 0 Å². The van der Waals surface area contributed by atoms with Crippen molar-refractivity contribution in [3.8, 4) is 11.5 Å². The Morgan fingerprint density at radius 1 is 1.05 bits per heavy atom. The molecule has 2 rings (SSSR count). The average molecular weight is 524 g/mol. The van der Waals surface area contributed by atoms with Crippen molar-refractivity contribution >= 4 is 23.8 Å². The van der Waals surface area contributed by atoms with Gasteiger partial charge < -0.3 is 34.5 Å². The van der Waals surface area contributed by atoms with Crippen molar-refractivity contribution in [1.29, 1.82) is 0 Å². The van der Waals surface area contributed by atoms with Crippen LogP contribution in [0.15, 0.2) is 18.2 Å². The van der Waals surface area contributed by atoms with Crippen LogP contribution in [0.1, 0.15) is 71.7 Å². The molecule has 11 heteroatoms. The molecule has 0 aliphatic carbocycles. The zero-order chi connectivity index (χ0) is 28.1. The topological polar surface area (TPSA) is 158 Å². The van der Waals surface area contributed by atoms with Gasteiger partial charge in [-0.05, 0) is 45.2 Å². The van der Waals surface area contributed by atoms with Gasteiger partial charge in [0.2, 0.25) is 12.4 Å². The minimum atomic E-state index is -1.57. The summed E-state index contributed by atoms with van der Waals surface area (Å²) in [6.07, 6.45) is -2.94. The van der Waals surface area contributed by atoms with Crippen molar-refractivity contribution < 1.29 is 48.3 Å². The Morgan fingerprint density at radius 3 is 2.30 bits per heavy atom. The highest BCUT2D eigenvalue weighted by atomic mass is 16.7. The molecule has 3 N–H and O–H groups in total. The fourth-order valence-electron chi connectivity index (χ4n) is 3.57. The summed E-state index contributed by atoms with van der Waals surface area (Å²) in [5.41, 5.74) is -1.89. The largest absolute Gasteiger partial charge is 0.504 e. The number of cyclic esters (lactones) is 3. The van der Waals surface area contributed by atoms with E-state index in [9.17, 15) is 29.4 Å². The van der Waals surface area contributed by atoms with E-state index in [2.05, 4.69) is 5.32 Å². The summed E-state index contributed by atoms with van der Waals surface area (Å²) in [5.74, 6) is -5.33. The third-order valence-electron chi connectivity index (χ3n) is 6.03. The molecule has 0 bridgehead atoms. The van der Waals surface area contributed by atoms with Crippen LogP contribution < -0.4 is 5.32 Å². The lowest BCUT2D eigenvalue weighted by atomic mass is 10.0. The number of para-hydroxylation sites is 1. The summed E-state index contributed by atoms with van der Waals surface area (Å²) in [6, 6.07) is 2.17. The van der Waals surface area contributed by atoms with E-state index in [1.165, 1.54) is 39.0 Å². The average Bonchev–Trinajstić information content (AvgIpc) is 2.80. The number of rotatable bonds is 6. The predicted molar refractivity (Wildman–Crippen MR) is 130 cm³/mol. The number of ether oxygens (including phenoxy) is 4. The third kappa shape index (κ3) is 7.58. The lowest BCUT2D eigenvalue weighted by Crippen LogP contribution is -2.54. The summed E-state index contributed by atoms with van der Waals surface area (Å²) in [7, 11) is 0. The van der Waals surface area contributed by atoms with Crippen LogP contribution in [0.3, 0.4) is 0 Å². The standard InChI is InChI=1S/C26H37NO10/c1-8-14(4)21-24(32)35-18(12-13(2)3)37-26(6,7)25(33)34-15(5)19(23(31)36-21)27-22(30)16-10-9-11-17(28)20(16)29/h9-11,13-15,18-19,21,28-29H,8,12H2,1-7H3,(H,27,30)/t14?,15-,18?,19-,21?/m0/s1. The molecule has 0 aromatic heterocycles. The van der Waals surface area contributed by atoms with Crippen molar-refractivity contribution in [3.63, 3.8) is 0 Å². The van der Waals surface area contributed by atoms with Crippen molar-refractivity contribution in [3.05, 3.63) is 23.8 Å². The van der Waals surface area contributed by atoms with Crippen LogP contribution in [-0.4, -0.2) is 64.2 Å². The van der Waals surface area contributed by atoms with Gasteiger partial charge in [-0.25, -0.2) is 14.4 Å². The Bertz CT molecular complexity index is 1010. The van der Waals surface area contributed by atoms with Crippen molar-refractivity contribution in [2.45, 2.75) is 91.4 Å². The van der Waals surface area contributed by atoms with Gasteiger partial charge in [-0.1, -0.05) is 33.8 Å². The number of phenolic OH excluding ortho intramolecular Hbond substituents is 2. The van der Waals surface area contributed by atoms with E-state index >= 15 is 0 Å². The van der Waals surface area contributed by atoms with Gasteiger partial charge in [-0.2, -0.15) is 0 Å². The zero-order valence-electron chi connectivity index (χ0n) is 22.3. The highest BCUT2D eigenvalue weighted by Crippen LogP contribution is 2.29. The molecule has 5 atom stereocenters. The van der Waals surface area contributed by atoms with Crippen LogP contribution in [0.2, 0.25) is 0 Å². The summed E-state index contributed by atoms with van der Waals surface area (Å²) < 4.78 is 22.4. The first-order valence-corrected chi connectivity index (χ1v) is 12.3. The predicted octanol–water partition coefficient (Wildman–Crippen LogP) is 2.81. The molecule has 1 aliphatic heterocycles. The van der Waals surface area contributed by atoms with Gasteiger partial charge in [0.1, 0.15) is 6.10 Å². The first-order chi connectivity index (χ1) is 17.2. The van der Waals surface area contributed by atoms with Crippen LogP contribution in [0.4, 0.5) is 0 Å². The van der Waals surface area contributed by atoms with Gasteiger partial charge in [0.05, 0.1) is 5.56 Å². The van der Waals surface area contributed by atoms with E-state index in [-0.39, 0.29) is 17.9 Å². The molecule has 206 valence electrons. The van der Waals surface area contributed by atoms with Gasteiger partial charge in [-0.15, -0.1) is 0 Å². The maximum atomic E-state index is 13.3. The number of esters is 3. The van der Waals surface area contributed by atoms with E-state index in [0.29, 0.717) is 6.42 Å². The van der Waals surface area contributed by atoms with Gasteiger partial charge in [0.25, 0.3) is 5.91 Å². The summed E-state index contributed by atoms with van der Waals surface area (Å²) in [6.45, 7) is 11.6. The minimum Gasteiger partial charge on any atom is -0.504 e. The monoisotopic (exact) mass is 523 g/mol. The summed E-state index contributed by atoms with van der Waals surface area (Å²) in [4.78, 5) is 52.3. The SMILES string of the molecule is CCC(C)C1OC(=O)[C@@H](NC(=O)c2cccc(O)c2O)[C@H](C)OC(=O)C(C)(C)OC(CC(C)C)OC1=O. The minimum absolute atomic E-state index is 0.0504. The molecule has 0 radical (unpaired) electrons. The van der Waals surface area contributed by atoms with Crippen molar-refractivity contribution in [2.24, 2.45) is 11.8 Å². The van der Waals surface area contributed by atoms with Gasteiger partial charge in [-0.3, -0.25) is 4.79 Å². The van der Waals surface area contributed by atoms with Crippen LogP contribution in [0, 0.1) is 11.8 Å². The molecule has 37 heavy (non-hydrogen) atoms. The highest BCUT2D eigenvalue weighted by Gasteiger charge is 2.43. The number of carbonyl (C=O) groups is 4. The Kier molecular flexibility index (Phi) is 9.91. The van der Waals surface area contributed by atoms with Gasteiger partial charge in [0, 0.05) is 12.3 Å². The zero-order valence-corrected chi connectivity index (χ0v) is 22.3. The number of amides is 1. The molecule has 11 nitrogen and oxygen atoms in total. The molecular weight excluding hydrogens is 486 g/mol. The summed E-state index contributed by atoms with van der Waals surface area (Å²) >= 11 is 0. The normalized spacial score (nSPS) is 25.7. The smallest absolute Gasteiger partial charge is 0.350 e. The molecule has 0 saturated carbocycles. The first-order valence-electron chi connectivity index (χ1n) is 12.3. The number of hydrogen-bond acceptors (Lipinski definition) is 10. The molecule has 0 spiro atoms. The molecule has 1 fully saturated rings. The van der Waals surface area contributed by atoms with Crippen LogP contribution in [0.5, 0.6) is 11.5 Å². The van der Waals surface area contributed by atoms with Crippen LogP contribution in [0.25, 0.3) is 0 Å². The Morgan fingerprint density at radius 2 is 1.70 bits per heavy atom. The summed E-state index contributed by atoms with van der Waals surface area (Å²) in [5, 5.41) is 22.2. The molecule has 1 heterocycles. The van der Waals surface area contributed by atoms with E-state index in [1.807, 2.05) is 13.8 Å². The van der Waals surface area contributed by atoms with Crippen LogP contribution in [-0.2, 0) is 33.3 Å². The number of aromatic hydroxyl groups is 2. The fourth-order valence-corrected chi connectivity index (χ4v) is 3.57. The van der Waals surface area contributed by atoms with Gasteiger partial charge >= 0.3 is 17.9 Å². The molecule has 1 aromatic rings. The van der Waals surface area contributed by atoms with Gasteiger partial charge in [0.15, 0.2) is 23.1 Å². The Balaban J connectivity index is 2.47.